The highest BCUT2D eigenvalue weighted by Gasteiger charge is 2.20. The molecule has 0 fully saturated rings. The smallest absolute Gasteiger partial charge is 0.119 e. The number of aryl methyl sites for hydroxylation is 2. The lowest BCUT2D eigenvalue weighted by Gasteiger charge is -2.10. The molecule has 1 aromatic heterocycles. The van der Waals surface area contributed by atoms with Crippen LogP contribution in [0.1, 0.15) is 40.5 Å². The van der Waals surface area contributed by atoms with Gasteiger partial charge in [-0.3, -0.25) is 0 Å². The van der Waals surface area contributed by atoms with E-state index in [2.05, 4.69) is 4.98 Å². The summed E-state index contributed by atoms with van der Waals surface area (Å²) in [4.78, 5) is 6.12. The molecule has 0 aliphatic heterocycles. The minimum absolute atomic E-state index is 0.119. The van der Waals surface area contributed by atoms with E-state index >= 15 is 0 Å². The number of nitrogens with zero attached hydrogens (tertiary/aromatic N) is 1. The highest BCUT2D eigenvalue weighted by atomic mass is 32.1. The molecule has 0 amide bonds. The second-order valence-electron chi connectivity index (χ2n) is 4.76. The molecule has 1 aliphatic rings. The Morgan fingerprint density at radius 2 is 2.11 bits per heavy atom. The van der Waals surface area contributed by atoms with E-state index in [-0.39, 0.29) is 6.04 Å². The second-order valence-corrected chi connectivity index (χ2v) is 5.87. The number of nitrogens with two attached hydrogens (primary N) is 1. The molecule has 0 bridgehead atoms. The topological polar surface area (TPSA) is 48.1 Å². The van der Waals surface area contributed by atoms with Gasteiger partial charge < -0.3 is 10.5 Å². The molecule has 1 heterocycles. The molecule has 19 heavy (non-hydrogen) atoms. The molecule has 0 spiro atoms. The van der Waals surface area contributed by atoms with E-state index in [9.17, 15) is 0 Å². The number of thiazole rings is 1. The third-order valence-corrected chi connectivity index (χ3v) is 4.67. The van der Waals surface area contributed by atoms with Crippen molar-refractivity contribution >= 4 is 11.3 Å². The lowest BCUT2D eigenvalue weighted by Crippen LogP contribution is -2.11. The largest absolute Gasteiger partial charge is 0.494 e. The molecule has 1 aromatic carbocycles. The molecule has 2 N–H and O–H groups in total. The average molecular weight is 274 g/mol. The van der Waals surface area contributed by atoms with Gasteiger partial charge in [-0.15, -0.1) is 11.3 Å². The number of hydrogen-bond acceptors (Lipinski definition) is 4. The van der Waals surface area contributed by atoms with Gasteiger partial charge in [-0.1, -0.05) is 12.1 Å². The maximum absolute atomic E-state index is 6.31. The minimum atomic E-state index is -0.119. The van der Waals surface area contributed by atoms with E-state index in [1.165, 1.54) is 23.4 Å². The summed E-state index contributed by atoms with van der Waals surface area (Å²) in [7, 11) is 0. The van der Waals surface area contributed by atoms with Crippen molar-refractivity contribution in [3.05, 3.63) is 45.4 Å². The molecule has 0 saturated heterocycles. The number of fused-ring (bicyclic) bond motifs is 1. The SMILES string of the molecule is CCOc1ccc(C(N)c2nc3c(s2)CCC3)cc1. The van der Waals surface area contributed by atoms with Gasteiger partial charge in [0.05, 0.1) is 18.3 Å². The zero-order valence-electron chi connectivity index (χ0n) is 11.1. The Labute approximate surface area is 117 Å². The van der Waals surface area contributed by atoms with E-state index in [1.54, 1.807) is 11.3 Å². The summed E-state index contributed by atoms with van der Waals surface area (Å²) in [5, 5.41) is 1.04. The van der Waals surface area contributed by atoms with Crippen LogP contribution in [0.2, 0.25) is 0 Å². The molecule has 0 saturated carbocycles. The van der Waals surface area contributed by atoms with Gasteiger partial charge in [-0.2, -0.15) is 0 Å². The van der Waals surface area contributed by atoms with Gasteiger partial charge in [-0.05, 0) is 43.9 Å². The fraction of sp³-hybridized carbons (Fsp3) is 0.400. The lowest BCUT2D eigenvalue weighted by molar-refractivity contribution is 0.340. The van der Waals surface area contributed by atoms with E-state index in [0.29, 0.717) is 6.61 Å². The number of aromatic nitrogens is 1. The molecule has 3 rings (SSSR count). The van der Waals surface area contributed by atoms with E-state index in [4.69, 9.17) is 10.5 Å². The zero-order valence-corrected chi connectivity index (χ0v) is 11.9. The van der Waals surface area contributed by atoms with Crippen molar-refractivity contribution in [2.45, 2.75) is 32.2 Å². The molecule has 100 valence electrons. The summed E-state index contributed by atoms with van der Waals surface area (Å²) in [5.41, 5.74) is 8.67. The molecule has 1 atom stereocenters. The summed E-state index contributed by atoms with van der Waals surface area (Å²) in [6, 6.07) is 7.89. The summed E-state index contributed by atoms with van der Waals surface area (Å²) >= 11 is 1.77. The average Bonchev–Trinajstić information content (AvgIpc) is 3.00. The molecule has 4 heteroatoms. The van der Waals surface area contributed by atoms with Crippen LogP contribution in [0.3, 0.4) is 0 Å². The molecule has 0 radical (unpaired) electrons. The predicted molar refractivity (Wildman–Crippen MR) is 77.8 cm³/mol. The van der Waals surface area contributed by atoms with Crippen molar-refractivity contribution in [2.75, 3.05) is 6.61 Å². The van der Waals surface area contributed by atoms with Crippen molar-refractivity contribution in [1.29, 1.82) is 0 Å². The summed E-state index contributed by atoms with van der Waals surface area (Å²) in [6.07, 6.45) is 3.53. The number of benzene rings is 1. The first-order valence-corrected chi connectivity index (χ1v) is 7.56. The van der Waals surface area contributed by atoms with Crippen LogP contribution in [0.15, 0.2) is 24.3 Å². The lowest BCUT2D eigenvalue weighted by atomic mass is 10.1. The number of ether oxygens (including phenoxy) is 1. The van der Waals surface area contributed by atoms with E-state index in [0.717, 1.165) is 22.7 Å². The third-order valence-electron chi connectivity index (χ3n) is 3.43. The quantitative estimate of drug-likeness (QED) is 0.932. The maximum atomic E-state index is 6.31. The fourth-order valence-electron chi connectivity index (χ4n) is 2.42. The van der Waals surface area contributed by atoms with Crippen LogP contribution in [0.5, 0.6) is 5.75 Å². The van der Waals surface area contributed by atoms with Crippen LogP contribution in [-0.2, 0) is 12.8 Å². The number of rotatable bonds is 4. The van der Waals surface area contributed by atoms with E-state index < -0.39 is 0 Å². The molecule has 1 unspecified atom stereocenters. The Bertz CT molecular complexity index is 541. The van der Waals surface area contributed by atoms with Crippen LogP contribution < -0.4 is 10.5 Å². The van der Waals surface area contributed by atoms with Crippen LogP contribution >= 0.6 is 11.3 Å². The van der Waals surface area contributed by atoms with Gasteiger partial charge in [-0.25, -0.2) is 4.98 Å². The minimum Gasteiger partial charge on any atom is -0.494 e. The normalized spacial score (nSPS) is 15.3. The monoisotopic (exact) mass is 274 g/mol. The molecule has 1 aliphatic carbocycles. The Balaban J connectivity index is 1.80. The standard InChI is InChI=1S/C15H18N2OS/c1-2-18-11-8-6-10(7-9-11)14(16)15-17-12-4-3-5-13(12)19-15/h6-9,14H,2-5,16H2,1H3. The first-order chi connectivity index (χ1) is 9.28. The first-order valence-electron chi connectivity index (χ1n) is 6.74. The van der Waals surface area contributed by atoms with Crippen molar-refractivity contribution in [2.24, 2.45) is 5.73 Å². The summed E-state index contributed by atoms with van der Waals surface area (Å²) < 4.78 is 5.44. The number of hydrogen-bond donors (Lipinski definition) is 1. The van der Waals surface area contributed by atoms with Crippen LogP contribution in [0, 0.1) is 0 Å². The highest BCUT2D eigenvalue weighted by molar-refractivity contribution is 7.11. The van der Waals surface area contributed by atoms with Gasteiger partial charge >= 0.3 is 0 Å². The Morgan fingerprint density at radius 3 is 2.79 bits per heavy atom. The Kier molecular flexibility index (Phi) is 3.53. The predicted octanol–water partition coefficient (Wildman–Crippen LogP) is 3.08. The van der Waals surface area contributed by atoms with E-state index in [1.807, 2.05) is 31.2 Å². The van der Waals surface area contributed by atoms with Gasteiger partial charge in [0.2, 0.25) is 0 Å². The second kappa shape index (κ2) is 5.31. The molecule has 2 aromatic rings. The summed E-state index contributed by atoms with van der Waals surface area (Å²) in [6.45, 7) is 2.67. The third kappa shape index (κ3) is 2.51. The Morgan fingerprint density at radius 1 is 1.32 bits per heavy atom. The maximum Gasteiger partial charge on any atom is 0.119 e. The first kappa shape index (κ1) is 12.6. The fourth-order valence-corrected chi connectivity index (χ4v) is 3.61. The van der Waals surface area contributed by atoms with Crippen molar-refractivity contribution in [3.63, 3.8) is 0 Å². The van der Waals surface area contributed by atoms with Crippen LogP contribution in [0.25, 0.3) is 0 Å². The molecular formula is C15H18N2OS. The van der Waals surface area contributed by atoms with Crippen LogP contribution in [0.4, 0.5) is 0 Å². The Hall–Kier alpha value is -1.39. The molecule has 3 nitrogen and oxygen atoms in total. The van der Waals surface area contributed by atoms with Gasteiger partial charge in [0.15, 0.2) is 0 Å². The zero-order chi connectivity index (χ0) is 13.2. The van der Waals surface area contributed by atoms with Gasteiger partial charge in [0.25, 0.3) is 0 Å². The van der Waals surface area contributed by atoms with Crippen molar-refractivity contribution < 1.29 is 4.74 Å². The van der Waals surface area contributed by atoms with Gasteiger partial charge in [0.1, 0.15) is 10.8 Å². The van der Waals surface area contributed by atoms with Crippen LogP contribution in [-0.4, -0.2) is 11.6 Å². The summed E-state index contributed by atoms with van der Waals surface area (Å²) in [5.74, 6) is 0.889. The van der Waals surface area contributed by atoms with Crippen molar-refractivity contribution in [1.82, 2.24) is 4.98 Å². The van der Waals surface area contributed by atoms with Crippen molar-refractivity contribution in [3.8, 4) is 5.75 Å². The molecular weight excluding hydrogens is 256 g/mol. The highest BCUT2D eigenvalue weighted by Crippen LogP contribution is 2.32. The van der Waals surface area contributed by atoms with Gasteiger partial charge in [0, 0.05) is 4.88 Å².